The number of sulfonamides is 1. The van der Waals surface area contributed by atoms with Crippen LogP contribution in [0, 0.1) is 12.8 Å². The summed E-state index contributed by atoms with van der Waals surface area (Å²) in [5, 5.41) is 4.30. The first kappa shape index (κ1) is 20.3. The van der Waals surface area contributed by atoms with E-state index < -0.39 is 10.0 Å². The number of rotatable bonds is 8. The Labute approximate surface area is 166 Å². The lowest BCUT2D eigenvalue weighted by Crippen LogP contribution is -2.38. The molecule has 0 atom stereocenters. The fourth-order valence-corrected chi connectivity index (χ4v) is 5.40. The van der Waals surface area contributed by atoms with Crippen molar-refractivity contribution in [1.82, 2.24) is 9.62 Å². The van der Waals surface area contributed by atoms with Gasteiger partial charge in [0.05, 0.1) is 6.61 Å². The molecule has 1 aromatic carbocycles. The Morgan fingerprint density at radius 2 is 2.04 bits per heavy atom. The summed E-state index contributed by atoms with van der Waals surface area (Å²) < 4.78 is 33.9. The summed E-state index contributed by atoms with van der Waals surface area (Å²) in [6.07, 6.45) is 2.03. The highest BCUT2D eigenvalue weighted by Crippen LogP contribution is 2.26. The molecule has 2 heterocycles. The van der Waals surface area contributed by atoms with Gasteiger partial charge in [-0.2, -0.15) is 11.3 Å². The van der Waals surface area contributed by atoms with Crippen molar-refractivity contribution < 1.29 is 13.2 Å². The Balaban J connectivity index is 1.55. The summed E-state index contributed by atoms with van der Waals surface area (Å²) in [4.78, 5) is 2.68. The molecule has 148 valence electrons. The van der Waals surface area contributed by atoms with Crippen molar-refractivity contribution in [2.75, 3.05) is 26.2 Å². The van der Waals surface area contributed by atoms with Gasteiger partial charge in [0.1, 0.15) is 10.6 Å². The van der Waals surface area contributed by atoms with Crippen molar-refractivity contribution >= 4 is 21.4 Å². The van der Waals surface area contributed by atoms with Gasteiger partial charge in [-0.05, 0) is 85.8 Å². The maximum Gasteiger partial charge on any atom is 0.244 e. The lowest BCUT2D eigenvalue weighted by molar-refractivity contribution is 0.178. The molecule has 2 aromatic rings. The van der Waals surface area contributed by atoms with Gasteiger partial charge in [-0.15, -0.1) is 0 Å². The van der Waals surface area contributed by atoms with Crippen molar-refractivity contribution in [2.24, 2.45) is 5.92 Å². The number of benzene rings is 1. The first-order valence-electron chi connectivity index (χ1n) is 9.44. The summed E-state index contributed by atoms with van der Waals surface area (Å²) in [6.45, 7) is 7.67. The number of ether oxygens (including phenoxy) is 1. The van der Waals surface area contributed by atoms with Crippen LogP contribution in [0.2, 0.25) is 0 Å². The number of aryl methyl sites for hydroxylation is 1. The predicted octanol–water partition coefficient (Wildman–Crippen LogP) is 3.65. The van der Waals surface area contributed by atoms with Crippen LogP contribution in [0.3, 0.4) is 0 Å². The Hall–Kier alpha value is -1.41. The third-order valence-corrected chi connectivity index (χ3v) is 7.12. The number of nitrogens with one attached hydrogen (secondary N) is 1. The van der Waals surface area contributed by atoms with E-state index >= 15 is 0 Å². The number of nitrogens with zero attached hydrogens (tertiary/aromatic N) is 1. The van der Waals surface area contributed by atoms with Gasteiger partial charge in [0.15, 0.2) is 0 Å². The van der Waals surface area contributed by atoms with Crippen LogP contribution in [-0.2, 0) is 16.6 Å². The van der Waals surface area contributed by atoms with Crippen LogP contribution in [0.15, 0.2) is 39.9 Å². The molecule has 3 rings (SSSR count). The molecule has 5 nitrogen and oxygen atoms in total. The number of hydrogen-bond acceptors (Lipinski definition) is 5. The molecule has 0 radical (unpaired) electrons. The zero-order valence-electron chi connectivity index (χ0n) is 16.0. The SMILES string of the molecule is CCOc1ccc(C)cc1S(=O)(=O)NCC1CCN(Cc2ccsc2)CC1. The minimum Gasteiger partial charge on any atom is -0.492 e. The smallest absolute Gasteiger partial charge is 0.244 e. The van der Waals surface area contributed by atoms with Crippen LogP contribution >= 0.6 is 11.3 Å². The molecule has 1 saturated heterocycles. The summed E-state index contributed by atoms with van der Waals surface area (Å²) in [6, 6.07) is 7.45. The quantitative estimate of drug-likeness (QED) is 0.724. The Bertz CT molecular complexity index is 827. The highest BCUT2D eigenvalue weighted by Gasteiger charge is 2.24. The van der Waals surface area contributed by atoms with Gasteiger partial charge < -0.3 is 4.74 Å². The lowest BCUT2D eigenvalue weighted by Gasteiger charge is -2.31. The maximum absolute atomic E-state index is 12.8. The molecular weight excluding hydrogens is 380 g/mol. The molecule has 1 aliphatic rings. The van der Waals surface area contributed by atoms with Crippen LogP contribution < -0.4 is 9.46 Å². The molecule has 27 heavy (non-hydrogen) atoms. The molecule has 7 heteroatoms. The van der Waals surface area contributed by atoms with Crippen LogP contribution in [0.5, 0.6) is 5.75 Å². The zero-order chi connectivity index (χ0) is 19.3. The van der Waals surface area contributed by atoms with E-state index in [0.717, 1.165) is 38.0 Å². The van der Waals surface area contributed by atoms with Crippen molar-refractivity contribution in [3.63, 3.8) is 0 Å². The van der Waals surface area contributed by atoms with E-state index in [2.05, 4.69) is 26.4 Å². The van der Waals surface area contributed by atoms with Crippen molar-refractivity contribution in [2.45, 2.75) is 38.1 Å². The molecule has 0 amide bonds. The van der Waals surface area contributed by atoms with Gasteiger partial charge >= 0.3 is 0 Å². The molecule has 0 bridgehead atoms. The molecule has 1 aliphatic heterocycles. The number of thiophene rings is 1. The minimum atomic E-state index is -3.58. The lowest BCUT2D eigenvalue weighted by atomic mass is 9.97. The Morgan fingerprint density at radius 3 is 2.70 bits per heavy atom. The zero-order valence-corrected chi connectivity index (χ0v) is 17.6. The summed E-state index contributed by atoms with van der Waals surface area (Å²) in [7, 11) is -3.58. The second-order valence-corrected chi connectivity index (χ2v) is 9.60. The monoisotopic (exact) mass is 408 g/mol. The van der Waals surface area contributed by atoms with Gasteiger partial charge in [0.2, 0.25) is 10.0 Å². The minimum absolute atomic E-state index is 0.235. The highest BCUT2D eigenvalue weighted by molar-refractivity contribution is 7.89. The van der Waals surface area contributed by atoms with Crippen LogP contribution in [-0.4, -0.2) is 39.6 Å². The van der Waals surface area contributed by atoms with E-state index in [1.807, 2.05) is 19.9 Å². The molecule has 0 unspecified atom stereocenters. The number of likely N-dealkylation sites (tertiary alicyclic amines) is 1. The topological polar surface area (TPSA) is 58.6 Å². The summed E-state index contributed by atoms with van der Waals surface area (Å²) in [5.74, 6) is 0.792. The van der Waals surface area contributed by atoms with E-state index in [4.69, 9.17) is 4.74 Å². The van der Waals surface area contributed by atoms with Gasteiger partial charge in [-0.1, -0.05) is 6.07 Å². The maximum atomic E-state index is 12.8. The van der Waals surface area contributed by atoms with Crippen molar-refractivity contribution in [3.05, 3.63) is 46.2 Å². The van der Waals surface area contributed by atoms with Gasteiger partial charge in [0, 0.05) is 13.1 Å². The first-order chi connectivity index (χ1) is 13.0. The van der Waals surface area contributed by atoms with Crippen molar-refractivity contribution in [1.29, 1.82) is 0 Å². The third kappa shape index (κ3) is 5.54. The van der Waals surface area contributed by atoms with E-state index in [9.17, 15) is 8.42 Å². The molecule has 0 spiro atoms. The highest BCUT2D eigenvalue weighted by atomic mass is 32.2. The summed E-state index contributed by atoms with van der Waals surface area (Å²) in [5.41, 5.74) is 2.27. The van der Waals surface area contributed by atoms with Gasteiger partial charge in [-0.3, -0.25) is 4.90 Å². The number of piperidine rings is 1. The summed E-state index contributed by atoms with van der Waals surface area (Å²) >= 11 is 1.73. The normalized spacial score (nSPS) is 16.5. The van der Waals surface area contributed by atoms with Crippen molar-refractivity contribution in [3.8, 4) is 5.75 Å². The number of hydrogen-bond donors (Lipinski definition) is 1. The molecule has 1 aromatic heterocycles. The Kier molecular flexibility index (Phi) is 6.92. The van der Waals surface area contributed by atoms with E-state index in [1.54, 1.807) is 23.5 Å². The second-order valence-electron chi connectivity index (χ2n) is 7.09. The average Bonchev–Trinajstić information content (AvgIpc) is 3.16. The van der Waals surface area contributed by atoms with E-state index in [1.165, 1.54) is 5.56 Å². The van der Waals surface area contributed by atoms with Crippen LogP contribution in [0.1, 0.15) is 30.9 Å². The molecule has 0 saturated carbocycles. The fraction of sp³-hybridized carbons (Fsp3) is 0.500. The van der Waals surface area contributed by atoms with Crippen LogP contribution in [0.25, 0.3) is 0 Å². The van der Waals surface area contributed by atoms with Crippen LogP contribution in [0.4, 0.5) is 0 Å². The molecule has 0 aliphatic carbocycles. The van der Waals surface area contributed by atoms with E-state index in [0.29, 0.717) is 24.8 Å². The standard InChI is InChI=1S/C20H28N2O3S2/c1-3-25-19-5-4-16(2)12-20(19)27(23,24)21-13-17-6-9-22(10-7-17)14-18-8-11-26-15-18/h4-5,8,11-12,15,17,21H,3,6-7,9-10,13-14H2,1-2H3. The predicted molar refractivity (Wildman–Crippen MR) is 110 cm³/mol. The van der Waals surface area contributed by atoms with Gasteiger partial charge in [0.25, 0.3) is 0 Å². The molecular formula is C20H28N2O3S2. The molecule has 1 fully saturated rings. The molecule has 1 N–H and O–H groups in total. The fourth-order valence-electron chi connectivity index (χ4n) is 3.39. The third-order valence-electron chi connectivity index (χ3n) is 4.94. The first-order valence-corrected chi connectivity index (χ1v) is 11.9. The average molecular weight is 409 g/mol. The largest absolute Gasteiger partial charge is 0.492 e. The van der Waals surface area contributed by atoms with E-state index in [-0.39, 0.29) is 4.90 Å². The van der Waals surface area contributed by atoms with Gasteiger partial charge in [-0.25, -0.2) is 13.1 Å². The second kappa shape index (κ2) is 9.19. The Morgan fingerprint density at radius 1 is 1.26 bits per heavy atom.